The second-order valence-electron chi connectivity index (χ2n) is 6.73. The summed E-state index contributed by atoms with van der Waals surface area (Å²) in [5.41, 5.74) is 3.11. The third-order valence-electron chi connectivity index (χ3n) is 4.70. The lowest BCUT2D eigenvalue weighted by Crippen LogP contribution is -2.13. The third kappa shape index (κ3) is 4.50. The highest BCUT2D eigenvalue weighted by Gasteiger charge is 2.37. The molecular formula is C20H19F3N4O3S. The SMILES string of the molecule is COC(=O)c1ccc(-n2c(C)cc(C(=O)CSc3nnc(C(F)(F)F)n3C)c2C)cc1. The fourth-order valence-electron chi connectivity index (χ4n) is 3.20. The second-order valence-corrected chi connectivity index (χ2v) is 7.68. The van der Waals surface area contributed by atoms with Crippen LogP contribution < -0.4 is 0 Å². The van der Waals surface area contributed by atoms with E-state index in [4.69, 9.17) is 4.74 Å². The molecule has 0 saturated carbocycles. The number of rotatable bonds is 6. The summed E-state index contributed by atoms with van der Waals surface area (Å²) in [6, 6.07) is 8.47. The Bertz CT molecular complexity index is 1130. The maximum absolute atomic E-state index is 12.8. The van der Waals surface area contributed by atoms with Crippen molar-refractivity contribution in [2.75, 3.05) is 12.9 Å². The monoisotopic (exact) mass is 452 g/mol. The van der Waals surface area contributed by atoms with Crippen molar-refractivity contribution in [1.82, 2.24) is 19.3 Å². The van der Waals surface area contributed by atoms with Gasteiger partial charge in [-0.3, -0.25) is 4.79 Å². The average molecular weight is 452 g/mol. The van der Waals surface area contributed by atoms with Gasteiger partial charge in [0.25, 0.3) is 0 Å². The minimum absolute atomic E-state index is 0.00730. The van der Waals surface area contributed by atoms with Crippen molar-refractivity contribution in [3.05, 3.63) is 58.7 Å². The number of aryl methyl sites for hydroxylation is 1. The summed E-state index contributed by atoms with van der Waals surface area (Å²) in [5.74, 6) is -1.89. The first-order valence-corrected chi connectivity index (χ1v) is 10.0. The molecule has 31 heavy (non-hydrogen) atoms. The van der Waals surface area contributed by atoms with Crippen LogP contribution in [0.15, 0.2) is 35.5 Å². The number of Topliss-reactive ketones (excluding diaryl/α,β-unsaturated/α-hetero) is 1. The number of carbonyl (C=O) groups excluding carboxylic acids is 2. The molecule has 0 atom stereocenters. The van der Waals surface area contributed by atoms with Gasteiger partial charge in [-0.1, -0.05) is 11.8 Å². The molecule has 0 radical (unpaired) electrons. The van der Waals surface area contributed by atoms with Crippen LogP contribution >= 0.6 is 11.8 Å². The van der Waals surface area contributed by atoms with E-state index in [1.165, 1.54) is 14.2 Å². The molecule has 11 heteroatoms. The van der Waals surface area contributed by atoms with Crippen molar-refractivity contribution in [2.24, 2.45) is 7.05 Å². The van der Waals surface area contributed by atoms with Crippen molar-refractivity contribution in [1.29, 1.82) is 0 Å². The molecule has 7 nitrogen and oxygen atoms in total. The molecule has 0 aliphatic rings. The van der Waals surface area contributed by atoms with Gasteiger partial charge in [-0.2, -0.15) is 13.2 Å². The van der Waals surface area contributed by atoms with E-state index < -0.39 is 18.0 Å². The standard InChI is InChI=1S/C20H19F3N4O3S/c1-11-9-15(12(2)27(11)14-7-5-13(6-8-14)17(29)30-4)16(28)10-31-19-25-24-18(26(19)3)20(21,22)23/h5-9H,10H2,1-4H3. The number of aromatic nitrogens is 4. The molecule has 0 aliphatic heterocycles. The van der Waals surface area contributed by atoms with E-state index in [0.717, 1.165) is 27.7 Å². The lowest BCUT2D eigenvalue weighted by molar-refractivity contribution is -0.147. The topological polar surface area (TPSA) is 79.0 Å². The molecule has 0 amide bonds. The molecular weight excluding hydrogens is 433 g/mol. The van der Waals surface area contributed by atoms with Crippen molar-refractivity contribution in [3.8, 4) is 5.69 Å². The molecule has 3 aromatic rings. The highest BCUT2D eigenvalue weighted by molar-refractivity contribution is 7.99. The molecule has 2 heterocycles. The molecule has 0 bridgehead atoms. The fourth-order valence-corrected chi connectivity index (χ4v) is 4.00. The quantitative estimate of drug-likeness (QED) is 0.320. The zero-order chi connectivity index (χ0) is 22.9. The predicted molar refractivity (Wildman–Crippen MR) is 108 cm³/mol. The molecule has 0 saturated heterocycles. The van der Waals surface area contributed by atoms with Crippen LogP contribution in [0.3, 0.4) is 0 Å². The van der Waals surface area contributed by atoms with E-state index in [-0.39, 0.29) is 16.7 Å². The number of hydrogen-bond acceptors (Lipinski definition) is 6. The van der Waals surface area contributed by atoms with Crippen molar-refractivity contribution in [2.45, 2.75) is 25.2 Å². The van der Waals surface area contributed by atoms with E-state index in [2.05, 4.69) is 10.2 Å². The minimum atomic E-state index is -4.61. The number of esters is 1. The highest BCUT2D eigenvalue weighted by atomic mass is 32.2. The van der Waals surface area contributed by atoms with E-state index >= 15 is 0 Å². The Morgan fingerprint density at radius 2 is 1.77 bits per heavy atom. The summed E-state index contributed by atoms with van der Waals surface area (Å²) in [6.45, 7) is 3.62. The third-order valence-corrected chi connectivity index (χ3v) is 5.72. The maximum Gasteiger partial charge on any atom is 0.451 e. The van der Waals surface area contributed by atoms with Crippen LogP contribution in [0.4, 0.5) is 13.2 Å². The number of nitrogens with zero attached hydrogens (tertiary/aromatic N) is 4. The van der Waals surface area contributed by atoms with Gasteiger partial charge in [0, 0.05) is 29.7 Å². The summed E-state index contributed by atoms with van der Waals surface area (Å²) in [7, 11) is 2.51. The van der Waals surface area contributed by atoms with E-state index in [1.807, 2.05) is 11.5 Å². The van der Waals surface area contributed by atoms with Gasteiger partial charge in [-0.15, -0.1) is 10.2 Å². The van der Waals surface area contributed by atoms with Crippen LogP contribution in [0.25, 0.3) is 5.69 Å². The first kappa shape index (κ1) is 22.6. The van der Waals surface area contributed by atoms with Gasteiger partial charge >= 0.3 is 12.1 Å². The van der Waals surface area contributed by atoms with Gasteiger partial charge in [0.2, 0.25) is 5.82 Å². The number of ether oxygens (including phenoxy) is 1. The zero-order valence-electron chi connectivity index (χ0n) is 17.1. The molecule has 0 aliphatic carbocycles. The van der Waals surface area contributed by atoms with Crippen molar-refractivity contribution < 1.29 is 27.5 Å². The van der Waals surface area contributed by atoms with Crippen LogP contribution in [0.5, 0.6) is 0 Å². The molecule has 2 aromatic heterocycles. The Labute approximate surface area is 180 Å². The molecule has 164 valence electrons. The smallest absolute Gasteiger partial charge is 0.451 e. The Morgan fingerprint density at radius 1 is 1.13 bits per heavy atom. The van der Waals surface area contributed by atoms with Crippen LogP contribution in [0.1, 0.15) is 37.9 Å². The molecule has 0 spiro atoms. The first-order chi connectivity index (χ1) is 14.5. The summed E-state index contributed by atoms with van der Waals surface area (Å²) in [5, 5.41) is 6.70. The van der Waals surface area contributed by atoms with Crippen molar-refractivity contribution >= 4 is 23.5 Å². The van der Waals surface area contributed by atoms with Gasteiger partial charge < -0.3 is 13.9 Å². The maximum atomic E-state index is 12.8. The second kappa shape index (κ2) is 8.58. The molecule has 0 N–H and O–H groups in total. The number of benzene rings is 1. The number of ketones is 1. The Hall–Kier alpha value is -3.08. The Kier molecular flexibility index (Phi) is 6.25. The Morgan fingerprint density at radius 3 is 2.32 bits per heavy atom. The lowest BCUT2D eigenvalue weighted by Gasteiger charge is -2.10. The summed E-state index contributed by atoms with van der Waals surface area (Å²) >= 11 is 0.893. The number of thioether (sulfide) groups is 1. The van der Waals surface area contributed by atoms with Gasteiger partial charge in [0.1, 0.15) is 0 Å². The summed E-state index contributed by atoms with van der Waals surface area (Å²) in [4.78, 5) is 24.4. The van der Waals surface area contributed by atoms with Crippen LogP contribution in [0.2, 0.25) is 0 Å². The van der Waals surface area contributed by atoms with E-state index in [0.29, 0.717) is 16.8 Å². The van der Waals surface area contributed by atoms with Gasteiger partial charge in [0.15, 0.2) is 10.9 Å². The minimum Gasteiger partial charge on any atom is -0.465 e. The number of halogens is 3. The van der Waals surface area contributed by atoms with Crippen molar-refractivity contribution in [3.63, 3.8) is 0 Å². The molecule has 0 unspecified atom stereocenters. The normalized spacial score (nSPS) is 11.6. The number of hydrogen-bond donors (Lipinski definition) is 0. The van der Waals surface area contributed by atoms with Crippen LogP contribution in [-0.4, -0.2) is 43.9 Å². The van der Waals surface area contributed by atoms with Gasteiger partial charge in [0.05, 0.1) is 18.4 Å². The molecule has 3 rings (SSSR count). The lowest BCUT2D eigenvalue weighted by atomic mass is 10.2. The number of alkyl halides is 3. The zero-order valence-corrected chi connectivity index (χ0v) is 18.0. The molecule has 1 aromatic carbocycles. The van der Waals surface area contributed by atoms with E-state index in [1.54, 1.807) is 37.3 Å². The summed E-state index contributed by atoms with van der Waals surface area (Å²) < 4.78 is 45.9. The summed E-state index contributed by atoms with van der Waals surface area (Å²) in [6.07, 6.45) is -4.61. The first-order valence-electron chi connectivity index (χ1n) is 9.05. The Balaban J connectivity index is 1.79. The van der Waals surface area contributed by atoms with Crippen LogP contribution in [-0.2, 0) is 18.0 Å². The van der Waals surface area contributed by atoms with Gasteiger partial charge in [-0.25, -0.2) is 4.79 Å². The predicted octanol–water partition coefficient (Wildman–Crippen LogP) is 4.00. The largest absolute Gasteiger partial charge is 0.465 e. The number of methoxy groups -OCH3 is 1. The van der Waals surface area contributed by atoms with Crippen LogP contribution in [0, 0.1) is 13.8 Å². The highest BCUT2D eigenvalue weighted by Crippen LogP contribution is 2.30. The van der Waals surface area contributed by atoms with Gasteiger partial charge in [-0.05, 0) is 44.2 Å². The fraction of sp³-hybridized carbons (Fsp3) is 0.300. The number of carbonyl (C=O) groups is 2. The van der Waals surface area contributed by atoms with E-state index in [9.17, 15) is 22.8 Å². The average Bonchev–Trinajstić information content (AvgIpc) is 3.24. The molecule has 0 fully saturated rings.